The third kappa shape index (κ3) is 3.55. The summed E-state index contributed by atoms with van der Waals surface area (Å²) in [6.07, 6.45) is 5.83. The van der Waals surface area contributed by atoms with Crippen molar-refractivity contribution in [2.75, 3.05) is 18.4 Å². The molecule has 1 unspecified atom stereocenters. The molecule has 1 atom stereocenters. The highest BCUT2D eigenvalue weighted by Crippen LogP contribution is 2.20. The molecular formula is C15H20N4S. The molecular weight excluding hydrogens is 268 g/mol. The number of piperidine rings is 1. The van der Waals surface area contributed by atoms with Gasteiger partial charge in [-0.25, -0.2) is 9.97 Å². The molecule has 0 radical (unpaired) electrons. The molecule has 3 rings (SSSR count). The molecule has 1 aliphatic heterocycles. The van der Waals surface area contributed by atoms with Crippen molar-refractivity contribution in [2.45, 2.75) is 32.4 Å². The van der Waals surface area contributed by atoms with E-state index in [1.54, 1.807) is 12.5 Å². The van der Waals surface area contributed by atoms with Gasteiger partial charge in [-0.15, -0.1) is 11.3 Å². The van der Waals surface area contributed by atoms with Crippen molar-refractivity contribution in [3.63, 3.8) is 0 Å². The maximum atomic E-state index is 4.25. The number of rotatable bonds is 4. The summed E-state index contributed by atoms with van der Waals surface area (Å²) in [5.74, 6) is 0.929. The normalized spacial score (nSPS) is 19.9. The summed E-state index contributed by atoms with van der Waals surface area (Å²) < 4.78 is 0. The summed E-state index contributed by atoms with van der Waals surface area (Å²) in [4.78, 5) is 13.6. The van der Waals surface area contributed by atoms with Gasteiger partial charge in [-0.05, 0) is 44.5 Å². The summed E-state index contributed by atoms with van der Waals surface area (Å²) in [6, 6.07) is 6.88. The first-order valence-corrected chi connectivity index (χ1v) is 7.91. The zero-order valence-corrected chi connectivity index (χ0v) is 12.6. The van der Waals surface area contributed by atoms with E-state index in [1.165, 1.54) is 29.1 Å². The van der Waals surface area contributed by atoms with Crippen LogP contribution < -0.4 is 5.32 Å². The van der Waals surface area contributed by atoms with Gasteiger partial charge in [-0.1, -0.05) is 0 Å². The van der Waals surface area contributed by atoms with Gasteiger partial charge >= 0.3 is 0 Å². The van der Waals surface area contributed by atoms with Crippen LogP contribution in [-0.2, 0) is 6.54 Å². The van der Waals surface area contributed by atoms with E-state index in [1.807, 2.05) is 17.4 Å². The Labute approximate surface area is 123 Å². The molecule has 106 valence electrons. The smallest absolute Gasteiger partial charge is 0.129 e. The number of anilines is 1. The Hall–Kier alpha value is -1.46. The predicted molar refractivity (Wildman–Crippen MR) is 83.0 cm³/mol. The number of nitrogens with one attached hydrogen (secondary N) is 1. The van der Waals surface area contributed by atoms with Gasteiger partial charge in [0.2, 0.25) is 0 Å². The molecule has 0 aromatic carbocycles. The van der Waals surface area contributed by atoms with Crippen LogP contribution in [0.2, 0.25) is 0 Å². The number of aryl methyl sites for hydroxylation is 1. The van der Waals surface area contributed by atoms with Crippen molar-refractivity contribution in [1.29, 1.82) is 0 Å². The second-order valence-corrected chi connectivity index (χ2v) is 6.70. The fourth-order valence-corrected chi connectivity index (χ4v) is 3.63. The minimum absolute atomic E-state index is 0.486. The molecule has 1 N–H and O–H groups in total. The Morgan fingerprint density at radius 1 is 1.40 bits per heavy atom. The molecule has 2 aromatic rings. The third-order valence-electron chi connectivity index (χ3n) is 3.61. The lowest BCUT2D eigenvalue weighted by Gasteiger charge is -2.33. The lowest BCUT2D eigenvalue weighted by Crippen LogP contribution is -2.41. The standard InChI is InChI=1S/C15H20N4S/c1-12-4-5-14(20-12)10-19-8-2-3-13(9-19)18-15-6-7-16-11-17-15/h4-7,11,13H,2-3,8-10H2,1H3,(H,16,17,18). The van der Waals surface area contributed by atoms with Gasteiger partial charge in [-0.3, -0.25) is 4.90 Å². The van der Waals surface area contributed by atoms with Crippen LogP contribution in [-0.4, -0.2) is 34.0 Å². The summed E-state index contributed by atoms with van der Waals surface area (Å²) in [6.45, 7) is 5.52. The van der Waals surface area contributed by atoms with Gasteiger partial charge in [0.15, 0.2) is 0 Å². The lowest BCUT2D eigenvalue weighted by molar-refractivity contribution is 0.210. The molecule has 5 heteroatoms. The summed E-state index contributed by atoms with van der Waals surface area (Å²) in [5.41, 5.74) is 0. The monoisotopic (exact) mass is 288 g/mol. The molecule has 1 fully saturated rings. The van der Waals surface area contributed by atoms with Gasteiger partial charge in [-0.2, -0.15) is 0 Å². The minimum atomic E-state index is 0.486. The largest absolute Gasteiger partial charge is 0.366 e. The van der Waals surface area contributed by atoms with E-state index in [2.05, 4.69) is 39.2 Å². The van der Waals surface area contributed by atoms with Gasteiger partial charge in [0, 0.05) is 35.1 Å². The van der Waals surface area contributed by atoms with Crippen LogP contribution in [0.5, 0.6) is 0 Å². The lowest BCUT2D eigenvalue weighted by atomic mass is 10.1. The van der Waals surface area contributed by atoms with Crippen LogP contribution in [0.4, 0.5) is 5.82 Å². The minimum Gasteiger partial charge on any atom is -0.366 e. The highest BCUT2D eigenvalue weighted by atomic mass is 32.1. The van der Waals surface area contributed by atoms with E-state index < -0.39 is 0 Å². The molecule has 1 saturated heterocycles. The summed E-state index contributed by atoms with van der Waals surface area (Å²) in [7, 11) is 0. The first-order valence-electron chi connectivity index (χ1n) is 7.10. The van der Waals surface area contributed by atoms with Gasteiger partial charge < -0.3 is 5.32 Å². The highest BCUT2D eigenvalue weighted by Gasteiger charge is 2.20. The number of aromatic nitrogens is 2. The molecule has 0 saturated carbocycles. The fourth-order valence-electron chi connectivity index (χ4n) is 2.69. The van der Waals surface area contributed by atoms with Gasteiger partial charge in [0.25, 0.3) is 0 Å². The van der Waals surface area contributed by atoms with Crippen molar-refractivity contribution >= 4 is 17.2 Å². The van der Waals surface area contributed by atoms with Crippen LogP contribution in [0.25, 0.3) is 0 Å². The Morgan fingerprint density at radius 3 is 3.10 bits per heavy atom. The summed E-state index contributed by atoms with van der Waals surface area (Å²) in [5, 5.41) is 3.51. The number of hydrogen-bond donors (Lipinski definition) is 1. The van der Waals surface area contributed by atoms with Crippen molar-refractivity contribution < 1.29 is 0 Å². The van der Waals surface area contributed by atoms with Crippen molar-refractivity contribution in [1.82, 2.24) is 14.9 Å². The van der Waals surface area contributed by atoms with Crippen LogP contribution in [0.3, 0.4) is 0 Å². The zero-order valence-electron chi connectivity index (χ0n) is 11.7. The molecule has 0 spiro atoms. The number of likely N-dealkylation sites (tertiary alicyclic amines) is 1. The first-order chi connectivity index (χ1) is 9.79. The molecule has 0 bridgehead atoms. The quantitative estimate of drug-likeness (QED) is 0.939. The fraction of sp³-hybridized carbons (Fsp3) is 0.467. The van der Waals surface area contributed by atoms with E-state index in [-0.39, 0.29) is 0 Å². The maximum absolute atomic E-state index is 4.25. The molecule has 0 amide bonds. The average Bonchev–Trinajstić information content (AvgIpc) is 2.86. The second-order valence-electron chi connectivity index (χ2n) is 5.33. The molecule has 1 aliphatic rings. The van der Waals surface area contributed by atoms with Crippen LogP contribution in [0.1, 0.15) is 22.6 Å². The number of hydrogen-bond acceptors (Lipinski definition) is 5. The Bertz CT molecular complexity index is 540. The Balaban J connectivity index is 1.56. The Kier molecular flexibility index (Phi) is 4.28. The topological polar surface area (TPSA) is 41.0 Å². The van der Waals surface area contributed by atoms with Crippen LogP contribution >= 0.6 is 11.3 Å². The molecule has 3 heterocycles. The molecule has 0 aliphatic carbocycles. The van der Waals surface area contributed by atoms with E-state index in [9.17, 15) is 0 Å². The predicted octanol–water partition coefficient (Wildman–Crippen LogP) is 2.92. The number of thiophene rings is 1. The molecule has 2 aromatic heterocycles. The Morgan fingerprint density at radius 2 is 2.35 bits per heavy atom. The first kappa shape index (κ1) is 13.5. The van der Waals surface area contributed by atoms with E-state index in [0.29, 0.717) is 6.04 Å². The van der Waals surface area contributed by atoms with Crippen molar-refractivity contribution in [3.05, 3.63) is 40.5 Å². The van der Waals surface area contributed by atoms with Crippen molar-refractivity contribution in [2.24, 2.45) is 0 Å². The van der Waals surface area contributed by atoms with E-state index in [0.717, 1.165) is 18.9 Å². The highest BCUT2D eigenvalue weighted by molar-refractivity contribution is 7.11. The van der Waals surface area contributed by atoms with Crippen molar-refractivity contribution in [3.8, 4) is 0 Å². The molecule has 20 heavy (non-hydrogen) atoms. The maximum Gasteiger partial charge on any atom is 0.129 e. The third-order valence-corrected chi connectivity index (χ3v) is 4.60. The molecule has 4 nitrogen and oxygen atoms in total. The van der Waals surface area contributed by atoms with E-state index in [4.69, 9.17) is 0 Å². The van der Waals surface area contributed by atoms with Gasteiger partial charge in [0.05, 0.1) is 0 Å². The number of nitrogens with zero attached hydrogens (tertiary/aromatic N) is 3. The SMILES string of the molecule is Cc1ccc(CN2CCCC(Nc3ccncn3)C2)s1. The summed E-state index contributed by atoms with van der Waals surface area (Å²) >= 11 is 1.90. The van der Waals surface area contributed by atoms with Crippen LogP contribution in [0, 0.1) is 6.92 Å². The van der Waals surface area contributed by atoms with E-state index >= 15 is 0 Å². The zero-order chi connectivity index (χ0) is 13.8. The van der Waals surface area contributed by atoms with Crippen LogP contribution in [0.15, 0.2) is 30.7 Å². The van der Waals surface area contributed by atoms with Gasteiger partial charge in [0.1, 0.15) is 12.1 Å². The average molecular weight is 288 g/mol. The second kappa shape index (κ2) is 6.33.